The van der Waals surface area contributed by atoms with E-state index in [4.69, 9.17) is 0 Å². The molecule has 2 fully saturated rings. The molecule has 0 bridgehead atoms. The molecule has 2 heteroatoms. The van der Waals surface area contributed by atoms with E-state index in [0.29, 0.717) is 11.8 Å². The largest absolute Gasteiger partial charge is 0.310 e. The third-order valence-electron chi connectivity index (χ3n) is 15.5. The molecule has 9 aromatic rings. The molecule has 0 amide bonds. The molecule has 65 heavy (non-hydrogen) atoms. The number of anilines is 6. The molecule has 320 valence electrons. The van der Waals surface area contributed by atoms with Gasteiger partial charge in [-0.2, -0.15) is 0 Å². The van der Waals surface area contributed by atoms with Gasteiger partial charge in [-0.15, -0.1) is 0 Å². The van der Waals surface area contributed by atoms with Gasteiger partial charge < -0.3 is 9.80 Å². The molecule has 12 rings (SSSR count). The monoisotopic (exact) mass is 842 g/mol. The number of benzene rings is 9. The Morgan fingerprint density at radius 1 is 0.354 bits per heavy atom. The lowest BCUT2D eigenvalue weighted by Gasteiger charge is -2.30. The fourth-order valence-corrected chi connectivity index (χ4v) is 12.5. The van der Waals surface area contributed by atoms with E-state index in [1.807, 2.05) is 0 Å². The van der Waals surface area contributed by atoms with Crippen LogP contribution in [0.5, 0.6) is 0 Å². The molecule has 0 spiro atoms. The summed E-state index contributed by atoms with van der Waals surface area (Å²) in [6.07, 6.45) is 13.3. The zero-order valence-electron chi connectivity index (χ0n) is 37.9. The molecule has 0 N–H and O–H groups in total. The maximum atomic E-state index is 2.54. The van der Waals surface area contributed by atoms with Crippen LogP contribution in [-0.4, -0.2) is 0 Å². The Labute approximate surface area is 385 Å². The highest BCUT2D eigenvalue weighted by Gasteiger charge is 2.41. The van der Waals surface area contributed by atoms with Crippen LogP contribution in [0, 0.1) is 0 Å². The van der Waals surface area contributed by atoms with Crippen LogP contribution in [0.15, 0.2) is 182 Å². The summed E-state index contributed by atoms with van der Waals surface area (Å²) in [5, 5.41) is 7.82. The Kier molecular flexibility index (Phi) is 10.1. The first-order chi connectivity index (χ1) is 32.0. The summed E-state index contributed by atoms with van der Waals surface area (Å²) in [7, 11) is 0. The minimum absolute atomic E-state index is 0.264. The molecule has 0 aromatic heterocycles. The number of nitrogens with zero attached hydrogens (tertiary/aromatic N) is 2. The number of para-hydroxylation sites is 2. The summed E-state index contributed by atoms with van der Waals surface area (Å²) in [4.78, 5) is 4.96. The average Bonchev–Trinajstić information content (AvgIpc) is 3.62. The Morgan fingerprint density at radius 2 is 0.800 bits per heavy atom. The molecular weight excluding hydrogens is 785 g/mol. The van der Waals surface area contributed by atoms with Gasteiger partial charge in [0.2, 0.25) is 0 Å². The Balaban J connectivity index is 1.05. The van der Waals surface area contributed by atoms with E-state index in [1.165, 1.54) is 164 Å². The molecule has 3 aliphatic rings. The number of hydrogen-bond donors (Lipinski definition) is 0. The summed E-state index contributed by atoms with van der Waals surface area (Å²) < 4.78 is 0. The third kappa shape index (κ3) is 6.84. The predicted octanol–water partition coefficient (Wildman–Crippen LogP) is 18.5. The van der Waals surface area contributed by atoms with Crippen molar-refractivity contribution in [2.75, 3.05) is 9.80 Å². The normalized spacial score (nSPS) is 16.2. The van der Waals surface area contributed by atoms with Gasteiger partial charge in [0, 0.05) is 39.2 Å². The minimum atomic E-state index is -0.264. The van der Waals surface area contributed by atoms with Gasteiger partial charge >= 0.3 is 0 Å². The van der Waals surface area contributed by atoms with E-state index in [0.717, 1.165) is 0 Å². The molecule has 3 aliphatic carbocycles. The maximum Gasteiger partial charge on any atom is 0.0546 e. The topological polar surface area (TPSA) is 6.48 Å². The van der Waals surface area contributed by atoms with E-state index in [1.54, 1.807) is 0 Å². The van der Waals surface area contributed by atoms with E-state index < -0.39 is 0 Å². The zero-order valence-corrected chi connectivity index (χ0v) is 37.9. The quantitative estimate of drug-likeness (QED) is 0.141. The fourth-order valence-electron chi connectivity index (χ4n) is 12.5. The van der Waals surface area contributed by atoms with Crippen LogP contribution in [0.4, 0.5) is 34.1 Å². The average molecular weight is 843 g/mol. The number of hydrogen-bond acceptors (Lipinski definition) is 2. The van der Waals surface area contributed by atoms with Crippen LogP contribution in [-0.2, 0) is 5.41 Å². The van der Waals surface area contributed by atoms with Crippen molar-refractivity contribution in [3.05, 3.63) is 204 Å². The van der Waals surface area contributed by atoms with Crippen molar-refractivity contribution in [3.8, 4) is 11.1 Å². The molecule has 0 saturated heterocycles. The molecule has 0 unspecified atom stereocenters. The molecule has 9 aromatic carbocycles. The highest BCUT2D eigenvalue weighted by atomic mass is 15.1. The third-order valence-corrected chi connectivity index (χ3v) is 15.5. The van der Waals surface area contributed by atoms with E-state index in [-0.39, 0.29) is 5.41 Å². The second-order valence-electron chi connectivity index (χ2n) is 19.7. The van der Waals surface area contributed by atoms with Crippen molar-refractivity contribution in [2.45, 2.75) is 95.3 Å². The van der Waals surface area contributed by atoms with Gasteiger partial charge in [-0.25, -0.2) is 0 Å². The van der Waals surface area contributed by atoms with Gasteiger partial charge in [0.05, 0.1) is 5.69 Å². The molecule has 0 heterocycles. The maximum absolute atomic E-state index is 2.54. The first-order valence-corrected chi connectivity index (χ1v) is 24.5. The standard InChI is InChI=1S/C63H58N2/c1-63(2)61-55-30-18-16-28-53(55)59(65(48-25-13-6-14-26-48)50-37-33-46(34-38-50)44-21-9-4-10-22-44)42-58(61)60-54-29-17-15-27-52(54)57-41-51(39-40-56(57)62(60)63)64(47-23-11-5-12-24-47)49-35-31-45(32-36-49)43-19-7-3-8-20-43/h5-6,11-18,23-44H,3-4,7-10,19-22H2,1-2H3. The van der Waals surface area contributed by atoms with Gasteiger partial charge in [0.25, 0.3) is 0 Å². The van der Waals surface area contributed by atoms with Gasteiger partial charge in [-0.3, -0.25) is 0 Å². The summed E-state index contributed by atoms with van der Waals surface area (Å²) in [5.41, 5.74) is 15.4. The van der Waals surface area contributed by atoms with Gasteiger partial charge in [0.15, 0.2) is 0 Å². The number of rotatable bonds is 8. The van der Waals surface area contributed by atoms with Crippen LogP contribution < -0.4 is 9.80 Å². The number of fused-ring (bicyclic) bond motifs is 10. The van der Waals surface area contributed by atoms with E-state index in [9.17, 15) is 0 Å². The Morgan fingerprint density at radius 3 is 1.38 bits per heavy atom. The fraction of sp³-hybridized carbons (Fsp3) is 0.238. The molecule has 2 saturated carbocycles. The van der Waals surface area contributed by atoms with Gasteiger partial charge in [0.1, 0.15) is 0 Å². The lowest BCUT2D eigenvalue weighted by atomic mass is 9.77. The highest BCUT2D eigenvalue weighted by Crippen LogP contribution is 2.59. The molecule has 0 atom stereocenters. The van der Waals surface area contributed by atoms with Crippen LogP contribution in [0.3, 0.4) is 0 Å². The molecular formula is C63H58N2. The molecule has 2 nitrogen and oxygen atoms in total. The Bertz CT molecular complexity index is 3170. The van der Waals surface area contributed by atoms with Crippen molar-refractivity contribution < 1.29 is 0 Å². The van der Waals surface area contributed by atoms with Crippen LogP contribution in [0.25, 0.3) is 43.4 Å². The summed E-state index contributed by atoms with van der Waals surface area (Å²) in [6, 6.07) is 69.2. The van der Waals surface area contributed by atoms with Crippen molar-refractivity contribution in [1.82, 2.24) is 0 Å². The van der Waals surface area contributed by atoms with Crippen molar-refractivity contribution in [2.24, 2.45) is 0 Å². The Hall–Kier alpha value is -6.64. The first kappa shape index (κ1) is 39.9. The van der Waals surface area contributed by atoms with E-state index >= 15 is 0 Å². The van der Waals surface area contributed by atoms with Crippen LogP contribution in [0.1, 0.15) is 112 Å². The van der Waals surface area contributed by atoms with Crippen molar-refractivity contribution in [1.29, 1.82) is 0 Å². The minimum Gasteiger partial charge on any atom is -0.310 e. The second kappa shape index (κ2) is 16.4. The lowest BCUT2D eigenvalue weighted by Crippen LogP contribution is -2.17. The summed E-state index contributed by atoms with van der Waals surface area (Å²) >= 11 is 0. The summed E-state index contributed by atoms with van der Waals surface area (Å²) in [5.74, 6) is 1.34. The van der Waals surface area contributed by atoms with Crippen LogP contribution >= 0.6 is 0 Å². The highest BCUT2D eigenvalue weighted by molar-refractivity contribution is 6.21. The van der Waals surface area contributed by atoms with Gasteiger partial charge in [-0.05, 0) is 165 Å². The van der Waals surface area contributed by atoms with Gasteiger partial charge in [-0.1, -0.05) is 168 Å². The van der Waals surface area contributed by atoms with E-state index in [2.05, 4.69) is 206 Å². The molecule has 0 aliphatic heterocycles. The van der Waals surface area contributed by atoms with Crippen molar-refractivity contribution in [3.63, 3.8) is 0 Å². The van der Waals surface area contributed by atoms with Crippen molar-refractivity contribution >= 4 is 66.4 Å². The SMILES string of the molecule is CC1(C)c2c(cc(N(c3ccccc3)c3ccc(C4CCCCC4)cc3)c3ccccc23)-c2c1c1ccc(N(c3ccccc3)c3ccc(C4CCCCC4)cc3)cc1c1ccccc21. The first-order valence-electron chi connectivity index (χ1n) is 24.5. The summed E-state index contributed by atoms with van der Waals surface area (Å²) in [6.45, 7) is 4.93. The predicted molar refractivity (Wildman–Crippen MR) is 278 cm³/mol. The van der Waals surface area contributed by atoms with Crippen LogP contribution in [0.2, 0.25) is 0 Å². The lowest BCUT2D eigenvalue weighted by molar-refractivity contribution is 0.443. The second-order valence-corrected chi connectivity index (χ2v) is 19.7. The zero-order chi connectivity index (χ0) is 43.5. The molecule has 0 radical (unpaired) electrons. The smallest absolute Gasteiger partial charge is 0.0546 e.